The van der Waals surface area contributed by atoms with E-state index < -0.39 is 35.7 Å². The molecule has 0 bridgehead atoms. The van der Waals surface area contributed by atoms with Gasteiger partial charge in [-0.15, -0.1) is 13.2 Å². The van der Waals surface area contributed by atoms with Gasteiger partial charge in [-0.2, -0.15) is 0 Å². The van der Waals surface area contributed by atoms with Gasteiger partial charge in [0.1, 0.15) is 0 Å². The SMILES string of the molecule is C=CCC(C(=O)O)C(=O)O.C=CCC(C(=O)O)C(=O)O.[Co]. The van der Waals surface area contributed by atoms with Gasteiger partial charge in [-0.1, -0.05) is 12.2 Å². The molecule has 0 saturated carbocycles. The number of carbonyl (C=O) groups is 4. The predicted octanol–water partition coefficient (Wildman–Crippen LogP) is 0.693. The molecule has 0 unspecified atom stereocenters. The molecule has 0 aliphatic heterocycles. The van der Waals surface area contributed by atoms with Gasteiger partial charge in [0.05, 0.1) is 0 Å². The molecule has 1 radical (unpaired) electrons. The fraction of sp³-hybridized carbons (Fsp3) is 0.333. The van der Waals surface area contributed by atoms with Gasteiger partial charge < -0.3 is 20.4 Å². The first-order valence-electron chi connectivity index (χ1n) is 5.32. The average Bonchev–Trinajstić information content (AvgIpc) is 2.32. The van der Waals surface area contributed by atoms with E-state index in [1.807, 2.05) is 0 Å². The summed E-state index contributed by atoms with van der Waals surface area (Å²) >= 11 is 0. The Kier molecular flexibility index (Phi) is 14.7. The predicted molar refractivity (Wildman–Crippen MR) is 67.2 cm³/mol. The summed E-state index contributed by atoms with van der Waals surface area (Å²) < 4.78 is 0. The molecule has 0 amide bonds. The number of aliphatic carboxylic acids is 4. The van der Waals surface area contributed by atoms with E-state index in [1.165, 1.54) is 12.2 Å². The van der Waals surface area contributed by atoms with Crippen LogP contribution in [0.15, 0.2) is 25.3 Å². The summed E-state index contributed by atoms with van der Waals surface area (Å²) in [6.45, 7) is 6.48. The Morgan fingerprint density at radius 2 is 0.905 bits per heavy atom. The molecule has 0 heterocycles. The monoisotopic (exact) mass is 347 g/mol. The summed E-state index contributed by atoms with van der Waals surface area (Å²) in [6.07, 6.45) is 2.47. The minimum absolute atomic E-state index is 0. The molecular formula is C12H16CoO8. The number of rotatable bonds is 8. The van der Waals surface area contributed by atoms with Gasteiger partial charge in [-0.25, -0.2) is 0 Å². The van der Waals surface area contributed by atoms with Crippen molar-refractivity contribution in [3.63, 3.8) is 0 Å². The first kappa shape index (κ1) is 23.9. The van der Waals surface area contributed by atoms with E-state index >= 15 is 0 Å². The summed E-state index contributed by atoms with van der Waals surface area (Å²) in [5.74, 6) is -8.01. The molecule has 0 aromatic carbocycles. The largest absolute Gasteiger partial charge is 0.481 e. The third-order valence-corrected chi connectivity index (χ3v) is 2.00. The maximum atomic E-state index is 10.1. The third-order valence-electron chi connectivity index (χ3n) is 2.00. The summed E-state index contributed by atoms with van der Waals surface area (Å²) in [6, 6.07) is 0. The van der Waals surface area contributed by atoms with Crippen molar-refractivity contribution in [2.24, 2.45) is 11.8 Å². The zero-order valence-corrected chi connectivity index (χ0v) is 11.9. The van der Waals surface area contributed by atoms with Crippen LogP contribution in [0.2, 0.25) is 0 Å². The van der Waals surface area contributed by atoms with Crippen LogP contribution in [0.3, 0.4) is 0 Å². The van der Waals surface area contributed by atoms with Gasteiger partial charge in [-0.05, 0) is 12.8 Å². The summed E-state index contributed by atoms with van der Waals surface area (Å²) in [5.41, 5.74) is 0. The fourth-order valence-corrected chi connectivity index (χ4v) is 0.948. The van der Waals surface area contributed by atoms with Gasteiger partial charge in [-0.3, -0.25) is 19.2 Å². The van der Waals surface area contributed by atoms with Crippen molar-refractivity contribution in [3.8, 4) is 0 Å². The van der Waals surface area contributed by atoms with Gasteiger partial charge in [0.25, 0.3) is 0 Å². The van der Waals surface area contributed by atoms with Crippen LogP contribution in [0, 0.1) is 11.8 Å². The quantitative estimate of drug-likeness (QED) is 0.370. The molecule has 0 atom stereocenters. The van der Waals surface area contributed by atoms with Crippen LogP contribution in [0.25, 0.3) is 0 Å². The first-order chi connectivity index (χ1) is 9.18. The normalized spacial score (nSPS) is 8.86. The zero-order valence-electron chi connectivity index (χ0n) is 10.9. The number of carboxylic acid groups (broad SMARTS) is 4. The Labute approximate surface area is 131 Å². The molecule has 0 aromatic heterocycles. The van der Waals surface area contributed by atoms with E-state index in [2.05, 4.69) is 13.2 Å². The van der Waals surface area contributed by atoms with E-state index in [0.29, 0.717) is 0 Å². The molecule has 8 nitrogen and oxygen atoms in total. The van der Waals surface area contributed by atoms with Gasteiger partial charge in [0.2, 0.25) is 0 Å². The van der Waals surface area contributed by atoms with Crippen LogP contribution >= 0.6 is 0 Å². The van der Waals surface area contributed by atoms with E-state index in [1.54, 1.807) is 0 Å². The van der Waals surface area contributed by atoms with Crippen molar-refractivity contribution in [2.45, 2.75) is 12.8 Å². The van der Waals surface area contributed by atoms with Crippen molar-refractivity contribution in [2.75, 3.05) is 0 Å². The molecule has 0 aromatic rings. The number of hydrogen-bond donors (Lipinski definition) is 4. The Morgan fingerprint density at radius 1 is 0.714 bits per heavy atom. The van der Waals surface area contributed by atoms with Crippen molar-refractivity contribution in [3.05, 3.63) is 25.3 Å². The Bertz CT molecular complexity index is 338. The van der Waals surface area contributed by atoms with Crippen molar-refractivity contribution < 1.29 is 56.4 Å². The molecule has 9 heteroatoms. The van der Waals surface area contributed by atoms with Crippen molar-refractivity contribution >= 4 is 23.9 Å². The second kappa shape index (κ2) is 12.9. The fourth-order valence-electron chi connectivity index (χ4n) is 0.948. The minimum atomic E-state index is -1.35. The standard InChI is InChI=1S/2C6H8O4.Co/c2*1-2-3-4(5(7)8)6(9)10;/h2*2,4H,1,3H2,(H,7,8)(H,9,10);. The molecule has 121 valence electrons. The van der Waals surface area contributed by atoms with Crippen molar-refractivity contribution in [1.29, 1.82) is 0 Å². The van der Waals surface area contributed by atoms with E-state index in [-0.39, 0.29) is 29.6 Å². The molecule has 0 rings (SSSR count). The minimum Gasteiger partial charge on any atom is -0.481 e. The van der Waals surface area contributed by atoms with Crippen LogP contribution in [-0.4, -0.2) is 44.3 Å². The van der Waals surface area contributed by atoms with Gasteiger partial charge in [0.15, 0.2) is 11.8 Å². The van der Waals surface area contributed by atoms with Crippen LogP contribution in [0.1, 0.15) is 12.8 Å². The molecule has 21 heavy (non-hydrogen) atoms. The molecule has 4 N–H and O–H groups in total. The second-order valence-corrected chi connectivity index (χ2v) is 3.51. The van der Waals surface area contributed by atoms with Crippen LogP contribution < -0.4 is 0 Å². The van der Waals surface area contributed by atoms with Crippen molar-refractivity contribution in [1.82, 2.24) is 0 Å². The molecule has 0 saturated heterocycles. The maximum Gasteiger partial charge on any atom is 0.318 e. The average molecular weight is 347 g/mol. The first-order valence-corrected chi connectivity index (χ1v) is 5.32. The van der Waals surface area contributed by atoms with E-state index in [4.69, 9.17) is 20.4 Å². The Hall–Kier alpha value is -2.13. The smallest absolute Gasteiger partial charge is 0.318 e. The number of allylic oxidation sites excluding steroid dienone is 2. The molecule has 0 spiro atoms. The summed E-state index contributed by atoms with van der Waals surface area (Å²) in [5, 5.41) is 33.0. The topological polar surface area (TPSA) is 149 Å². The molecule has 0 fully saturated rings. The van der Waals surface area contributed by atoms with Gasteiger partial charge in [0, 0.05) is 16.8 Å². The molecule has 0 aliphatic rings. The summed E-state index contributed by atoms with van der Waals surface area (Å²) in [7, 11) is 0. The van der Waals surface area contributed by atoms with Gasteiger partial charge >= 0.3 is 23.9 Å². The van der Waals surface area contributed by atoms with Crippen LogP contribution in [-0.2, 0) is 36.0 Å². The van der Waals surface area contributed by atoms with Crippen LogP contribution in [0.4, 0.5) is 0 Å². The number of hydrogen-bond acceptors (Lipinski definition) is 4. The second-order valence-electron chi connectivity index (χ2n) is 3.51. The Morgan fingerprint density at radius 3 is 0.952 bits per heavy atom. The summed E-state index contributed by atoms with van der Waals surface area (Å²) in [4.78, 5) is 40.4. The van der Waals surface area contributed by atoms with Crippen LogP contribution in [0.5, 0.6) is 0 Å². The van der Waals surface area contributed by atoms with E-state index in [9.17, 15) is 19.2 Å². The Balaban J connectivity index is -0.000000295. The molecular weight excluding hydrogens is 331 g/mol. The maximum absolute atomic E-state index is 10.1. The third kappa shape index (κ3) is 11.4. The number of carboxylic acids is 4. The zero-order chi connectivity index (χ0) is 16.3. The van der Waals surface area contributed by atoms with E-state index in [0.717, 1.165) is 0 Å². The molecule has 0 aliphatic carbocycles.